The average molecular weight is 491 g/mol. The van der Waals surface area contributed by atoms with Gasteiger partial charge in [-0.2, -0.15) is 5.10 Å². The van der Waals surface area contributed by atoms with Crippen molar-refractivity contribution in [3.63, 3.8) is 0 Å². The van der Waals surface area contributed by atoms with Crippen LogP contribution in [-0.2, 0) is 20.9 Å². The van der Waals surface area contributed by atoms with Gasteiger partial charge in [-0.25, -0.2) is 5.43 Å². The molecule has 10 nitrogen and oxygen atoms in total. The van der Waals surface area contributed by atoms with Crippen LogP contribution >= 0.6 is 0 Å². The van der Waals surface area contributed by atoms with Crippen molar-refractivity contribution in [1.29, 1.82) is 0 Å². The smallest absolute Gasteiger partial charge is 0.329 e. The molecule has 0 saturated carbocycles. The molecular weight excluding hydrogens is 464 g/mol. The van der Waals surface area contributed by atoms with Crippen LogP contribution in [0.15, 0.2) is 77.9 Å². The van der Waals surface area contributed by atoms with Crippen molar-refractivity contribution in [3.05, 3.63) is 83.9 Å². The summed E-state index contributed by atoms with van der Waals surface area (Å²) in [5.74, 6) is -0.430. The molecule has 0 spiro atoms. The van der Waals surface area contributed by atoms with E-state index in [1.54, 1.807) is 87.0 Å². The van der Waals surface area contributed by atoms with Crippen molar-refractivity contribution in [3.8, 4) is 17.2 Å². The fourth-order valence-corrected chi connectivity index (χ4v) is 2.98. The molecule has 36 heavy (non-hydrogen) atoms. The highest BCUT2D eigenvalue weighted by atomic mass is 16.5. The first-order valence-electron chi connectivity index (χ1n) is 10.9. The maximum Gasteiger partial charge on any atom is 0.329 e. The molecule has 0 bridgehead atoms. The fourth-order valence-electron chi connectivity index (χ4n) is 2.98. The predicted octanol–water partition coefficient (Wildman–Crippen LogP) is 2.49. The number of anilines is 1. The van der Waals surface area contributed by atoms with E-state index in [1.165, 1.54) is 6.21 Å². The number of hydrogen-bond donors (Lipinski definition) is 3. The standard InChI is InChI=1S/C26H26N4O6/c1-34-21-12-10-18(11-13-21)15-27-25(32)26(33)30-28-16-19-6-3-4-9-23(19)36-17-24(31)29-20-7-5-8-22(14-20)35-2/h3-14,16H,15,17H2,1-2H3,(H,27,32)(H,29,31)(H,30,33)/b28-16-. The number of hydrogen-bond acceptors (Lipinski definition) is 7. The van der Waals surface area contributed by atoms with Gasteiger partial charge in [0.25, 0.3) is 5.91 Å². The largest absolute Gasteiger partial charge is 0.497 e. The van der Waals surface area contributed by atoms with E-state index < -0.39 is 11.8 Å². The molecule has 3 aromatic carbocycles. The average Bonchev–Trinajstić information content (AvgIpc) is 2.91. The molecule has 0 aliphatic carbocycles. The van der Waals surface area contributed by atoms with Gasteiger partial charge in [-0.3, -0.25) is 14.4 Å². The Balaban J connectivity index is 1.48. The molecule has 186 valence electrons. The molecule has 0 saturated heterocycles. The third-order valence-electron chi connectivity index (χ3n) is 4.82. The molecule has 0 aliphatic heterocycles. The number of para-hydroxylation sites is 1. The summed E-state index contributed by atoms with van der Waals surface area (Å²) in [5.41, 5.74) is 4.06. The zero-order chi connectivity index (χ0) is 25.8. The Morgan fingerprint density at radius 1 is 0.861 bits per heavy atom. The van der Waals surface area contributed by atoms with Crippen molar-refractivity contribution in [1.82, 2.24) is 10.7 Å². The van der Waals surface area contributed by atoms with Crippen LogP contribution in [0.1, 0.15) is 11.1 Å². The van der Waals surface area contributed by atoms with E-state index in [1.807, 2.05) is 0 Å². The minimum atomic E-state index is -0.921. The van der Waals surface area contributed by atoms with Crippen LogP contribution in [0.3, 0.4) is 0 Å². The molecule has 0 unspecified atom stereocenters. The van der Waals surface area contributed by atoms with E-state index in [2.05, 4.69) is 21.2 Å². The van der Waals surface area contributed by atoms with Gasteiger partial charge in [-0.05, 0) is 42.0 Å². The second-order valence-electron chi connectivity index (χ2n) is 7.34. The summed E-state index contributed by atoms with van der Waals surface area (Å²) in [6, 6.07) is 20.8. The van der Waals surface area contributed by atoms with Crippen molar-refractivity contribution in [2.24, 2.45) is 5.10 Å². The van der Waals surface area contributed by atoms with E-state index >= 15 is 0 Å². The highest BCUT2D eigenvalue weighted by Gasteiger charge is 2.12. The van der Waals surface area contributed by atoms with Crippen LogP contribution in [0.5, 0.6) is 17.2 Å². The first-order chi connectivity index (χ1) is 17.5. The predicted molar refractivity (Wildman–Crippen MR) is 134 cm³/mol. The summed E-state index contributed by atoms with van der Waals surface area (Å²) < 4.78 is 15.8. The first kappa shape index (κ1) is 25.8. The van der Waals surface area contributed by atoms with Crippen LogP contribution in [0, 0.1) is 0 Å². The Bertz CT molecular complexity index is 1230. The van der Waals surface area contributed by atoms with Crippen molar-refractivity contribution in [2.75, 3.05) is 26.1 Å². The molecule has 3 aromatic rings. The third kappa shape index (κ3) is 7.87. The lowest BCUT2D eigenvalue weighted by Gasteiger charge is -2.10. The number of carbonyl (C=O) groups excluding carboxylic acids is 3. The van der Waals surface area contributed by atoms with Crippen molar-refractivity contribution >= 4 is 29.6 Å². The molecule has 0 aliphatic rings. The lowest BCUT2D eigenvalue weighted by molar-refractivity contribution is -0.139. The minimum Gasteiger partial charge on any atom is -0.497 e. The van der Waals surface area contributed by atoms with Crippen LogP contribution in [0.4, 0.5) is 5.69 Å². The zero-order valence-electron chi connectivity index (χ0n) is 19.8. The normalized spacial score (nSPS) is 10.4. The number of nitrogens with one attached hydrogen (secondary N) is 3. The van der Waals surface area contributed by atoms with Gasteiger partial charge >= 0.3 is 11.8 Å². The van der Waals surface area contributed by atoms with Crippen LogP contribution in [-0.4, -0.2) is 44.8 Å². The minimum absolute atomic E-state index is 0.175. The van der Waals surface area contributed by atoms with Crippen molar-refractivity contribution in [2.45, 2.75) is 6.54 Å². The van der Waals surface area contributed by atoms with Gasteiger partial charge in [0.1, 0.15) is 17.2 Å². The van der Waals surface area contributed by atoms with Gasteiger partial charge in [0.15, 0.2) is 6.61 Å². The number of nitrogens with zero attached hydrogens (tertiary/aromatic N) is 1. The van der Waals surface area contributed by atoms with E-state index in [9.17, 15) is 14.4 Å². The Hall–Kier alpha value is -4.86. The van der Waals surface area contributed by atoms with E-state index in [0.29, 0.717) is 28.5 Å². The third-order valence-corrected chi connectivity index (χ3v) is 4.82. The molecule has 0 atom stereocenters. The van der Waals surface area contributed by atoms with Gasteiger partial charge in [0, 0.05) is 23.9 Å². The number of hydrazone groups is 1. The summed E-state index contributed by atoms with van der Waals surface area (Å²) >= 11 is 0. The molecule has 0 radical (unpaired) electrons. The van der Waals surface area contributed by atoms with Gasteiger partial charge in [0.05, 0.1) is 20.4 Å². The molecule has 0 aromatic heterocycles. The summed E-state index contributed by atoms with van der Waals surface area (Å²) in [6.45, 7) is -0.0728. The molecule has 0 fully saturated rings. The van der Waals surface area contributed by atoms with Gasteiger partial charge in [-0.1, -0.05) is 30.3 Å². The molecular formula is C26H26N4O6. The van der Waals surface area contributed by atoms with Gasteiger partial charge in [0.2, 0.25) is 0 Å². The summed E-state index contributed by atoms with van der Waals surface area (Å²) in [6.07, 6.45) is 1.32. The second kappa shape index (κ2) is 13.1. The number of benzene rings is 3. The number of carbonyl (C=O) groups is 3. The van der Waals surface area contributed by atoms with E-state index in [-0.39, 0.29) is 19.1 Å². The lowest BCUT2D eigenvalue weighted by Crippen LogP contribution is -2.37. The summed E-state index contributed by atoms with van der Waals surface area (Å²) in [4.78, 5) is 36.3. The number of amides is 3. The number of rotatable bonds is 10. The number of ether oxygens (including phenoxy) is 3. The Morgan fingerprint density at radius 2 is 1.61 bits per heavy atom. The molecule has 3 amide bonds. The van der Waals surface area contributed by atoms with Crippen molar-refractivity contribution < 1.29 is 28.6 Å². The Morgan fingerprint density at radius 3 is 2.36 bits per heavy atom. The Labute approximate surface area is 208 Å². The first-order valence-corrected chi connectivity index (χ1v) is 10.9. The number of methoxy groups -OCH3 is 2. The molecule has 0 heterocycles. The van der Waals surface area contributed by atoms with E-state index in [0.717, 1.165) is 5.56 Å². The highest BCUT2D eigenvalue weighted by molar-refractivity contribution is 6.35. The molecule has 10 heteroatoms. The molecule has 3 rings (SSSR count). The van der Waals surface area contributed by atoms with Gasteiger partial charge < -0.3 is 24.8 Å². The highest BCUT2D eigenvalue weighted by Crippen LogP contribution is 2.18. The quantitative estimate of drug-likeness (QED) is 0.228. The molecule has 3 N–H and O–H groups in total. The van der Waals surface area contributed by atoms with Crippen LogP contribution < -0.4 is 30.3 Å². The van der Waals surface area contributed by atoms with Crippen LogP contribution in [0.25, 0.3) is 0 Å². The zero-order valence-corrected chi connectivity index (χ0v) is 19.8. The van der Waals surface area contributed by atoms with Gasteiger partial charge in [-0.15, -0.1) is 0 Å². The lowest BCUT2D eigenvalue weighted by atomic mass is 10.2. The summed E-state index contributed by atoms with van der Waals surface area (Å²) in [5, 5.41) is 9.05. The SMILES string of the molecule is COc1ccc(CNC(=O)C(=O)N/N=C\c2ccccc2OCC(=O)Nc2cccc(OC)c2)cc1. The second-order valence-corrected chi connectivity index (χ2v) is 7.34. The Kier molecular flexibility index (Phi) is 9.40. The topological polar surface area (TPSA) is 127 Å². The fraction of sp³-hybridized carbons (Fsp3) is 0.154. The monoisotopic (exact) mass is 490 g/mol. The van der Waals surface area contributed by atoms with E-state index in [4.69, 9.17) is 14.2 Å². The summed E-state index contributed by atoms with van der Waals surface area (Å²) in [7, 11) is 3.10. The maximum atomic E-state index is 12.3. The van der Waals surface area contributed by atoms with Crippen LogP contribution in [0.2, 0.25) is 0 Å². The maximum absolute atomic E-state index is 12.3.